The van der Waals surface area contributed by atoms with Crippen LogP contribution in [0.15, 0.2) is 73.2 Å². The Balaban J connectivity index is 1.30. The summed E-state index contributed by atoms with van der Waals surface area (Å²) in [7, 11) is 0. The highest BCUT2D eigenvalue weighted by Gasteiger charge is 2.25. The summed E-state index contributed by atoms with van der Waals surface area (Å²) < 4.78 is 2.17. The Morgan fingerprint density at radius 2 is 1.74 bits per heavy atom. The summed E-state index contributed by atoms with van der Waals surface area (Å²) in [6.45, 7) is 5.99. The molecule has 0 aliphatic heterocycles. The van der Waals surface area contributed by atoms with Crippen molar-refractivity contribution in [2.45, 2.75) is 64.5 Å². The van der Waals surface area contributed by atoms with Crippen LogP contribution in [0, 0.1) is 12.8 Å². The van der Waals surface area contributed by atoms with Crippen molar-refractivity contribution in [2.24, 2.45) is 11.7 Å². The molecule has 0 unspecified atom stereocenters. The molecule has 196 valence electrons. The van der Waals surface area contributed by atoms with Gasteiger partial charge < -0.3 is 15.6 Å². The molecule has 1 aliphatic rings. The van der Waals surface area contributed by atoms with Crippen molar-refractivity contribution < 1.29 is 4.79 Å². The molecule has 38 heavy (non-hydrogen) atoms. The highest BCUT2D eigenvalue weighted by atomic mass is 16.1. The van der Waals surface area contributed by atoms with Gasteiger partial charge in [0.25, 0.3) is 0 Å². The molecule has 2 heterocycles. The summed E-state index contributed by atoms with van der Waals surface area (Å²) >= 11 is 0. The van der Waals surface area contributed by atoms with Crippen molar-refractivity contribution in [2.75, 3.05) is 5.32 Å². The number of aryl methyl sites for hydroxylation is 1. The second-order valence-corrected chi connectivity index (χ2v) is 11.0. The molecule has 0 spiro atoms. The fourth-order valence-electron chi connectivity index (χ4n) is 5.42. The number of hydrogen-bond donors (Lipinski definition) is 2. The first-order valence-corrected chi connectivity index (χ1v) is 13.4. The quantitative estimate of drug-likeness (QED) is 0.307. The first-order valence-electron chi connectivity index (χ1n) is 13.4. The van der Waals surface area contributed by atoms with Crippen LogP contribution in [0.1, 0.15) is 63.4 Å². The van der Waals surface area contributed by atoms with Crippen molar-refractivity contribution in [3.63, 3.8) is 0 Å². The Hall–Kier alpha value is -3.84. The summed E-state index contributed by atoms with van der Waals surface area (Å²) in [5.41, 5.74) is 11.6. The number of anilines is 1. The van der Waals surface area contributed by atoms with E-state index in [4.69, 9.17) is 10.7 Å². The molecule has 2 aromatic carbocycles. The summed E-state index contributed by atoms with van der Waals surface area (Å²) in [6.07, 6.45) is 8.24. The van der Waals surface area contributed by atoms with Gasteiger partial charge in [0.2, 0.25) is 5.91 Å². The number of nitrogens with zero attached hydrogens (tertiary/aromatic N) is 4. The van der Waals surface area contributed by atoms with Gasteiger partial charge >= 0.3 is 0 Å². The number of amides is 1. The van der Waals surface area contributed by atoms with Crippen LogP contribution in [0.3, 0.4) is 0 Å². The van der Waals surface area contributed by atoms with Crippen LogP contribution in [-0.4, -0.2) is 25.7 Å². The zero-order valence-corrected chi connectivity index (χ0v) is 22.4. The van der Waals surface area contributed by atoms with Crippen LogP contribution in [0.2, 0.25) is 0 Å². The van der Waals surface area contributed by atoms with Crippen LogP contribution >= 0.6 is 0 Å². The summed E-state index contributed by atoms with van der Waals surface area (Å²) in [5.74, 6) is 1.38. The van der Waals surface area contributed by atoms with Crippen LogP contribution in [-0.2, 0) is 10.3 Å². The Morgan fingerprint density at radius 1 is 1.03 bits per heavy atom. The molecule has 1 aliphatic carbocycles. The molecular formula is C31H36N6O. The molecule has 0 saturated heterocycles. The second kappa shape index (κ2) is 10.9. The summed E-state index contributed by atoms with van der Waals surface area (Å²) in [4.78, 5) is 17.8. The topological polar surface area (TPSA) is 98.7 Å². The number of rotatable bonds is 7. The maximum Gasteiger partial charge on any atom is 0.224 e. The summed E-state index contributed by atoms with van der Waals surface area (Å²) in [5, 5.41) is 11.2. The van der Waals surface area contributed by atoms with Crippen LogP contribution in [0.5, 0.6) is 0 Å². The van der Waals surface area contributed by atoms with Crippen LogP contribution < -0.4 is 11.1 Å². The minimum absolute atomic E-state index is 0.0389. The first-order chi connectivity index (χ1) is 18.3. The van der Waals surface area contributed by atoms with Crippen molar-refractivity contribution in [1.29, 1.82) is 0 Å². The highest BCUT2D eigenvalue weighted by molar-refractivity contribution is 5.92. The van der Waals surface area contributed by atoms with Gasteiger partial charge in [-0.05, 0) is 69.6 Å². The Labute approximate surface area is 224 Å². The lowest BCUT2D eigenvalue weighted by molar-refractivity contribution is -0.117. The van der Waals surface area contributed by atoms with Gasteiger partial charge in [-0.1, -0.05) is 54.6 Å². The van der Waals surface area contributed by atoms with Crippen molar-refractivity contribution in [3.8, 4) is 22.4 Å². The fraction of sp³-hybridized carbons (Fsp3) is 0.355. The molecule has 3 N–H and O–H groups in total. The normalized spacial score (nSPS) is 17.8. The lowest BCUT2D eigenvalue weighted by Gasteiger charge is -2.29. The molecule has 0 atom stereocenters. The van der Waals surface area contributed by atoms with Gasteiger partial charge in [-0.2, -0.15) is 0 Å². The predicted molar refractivity (Wildman–Crippen MR) is 151 cm³/mol. The van der Waals surface area contributed by atoms with E-state index in [0.29, 0.717) is 24.1 Å². The van der Waals surface area contributed by atoms with E-state index in [-0.39, 0.29) is 5.91 Å². The number of benzene rings is 2. The van der Waals surface area contributed by atoms with Gasteiger partial charge in [0.15, 0.2) is 0 Å². The van der Waals surface area contributed by atoms with E-state index in [1.165, 1.54) is 0 Å². The third-order valence-electron chi connectivity index (χ3n) is 7.59. The van der Waals surface area contributed by atoms with Crippen molar-refractivity contribution in [1.82, 2.24) is 19.7 Å². The summed E-state index contributed by atoms with van der Waals surface area (Å²) in [6, 6.07) is 20.9. The minimum Gasteiger partial charge on any atom is -0.325 e. The smallest absolute Gasteiger partial charge is 0.224 e. The number of nitrogens with two attached hydrogens (primary N) is 1. The standard InChI is InChI=1S/C31H36N6O/c1-21-36-34-20-37(21)27-15-9-22(10-16-27)17-29(38)35-26-18-28(23-7-5-4-6-8-23)30(33-19-26)24-11-13-25(14-12-24)31(2,3)32/h4-8,11-14,18-20,22,27H,9-10,15-17,32H2,1-3H3,(H,35,38). The van der Waals surface area contributed by atoms with Crippen molar-refractivity contribution in [3.05, 3.63) is 84.6 Å². The van der Waals surface area contributed by atoms with Crippen LogP contribution in [0.25, 0.3) is 22.4 Å². The molecular weight excluding hydrogens is 472 g/mol. The number of pyridine rings is 1. The minimum atomic E-state index is -0.406. The third kappa shape index (κ3) is 5.83. The molecule has 2 aromatic heterocycles. The number of carbonyl (C=O) groups excluding carboxylic acids is 1. The number of aromatic nitrogens is 4. The molecule has 0 radical (unpaired) electrons. The first kappa shape index (κ1) is 25.8. The van der Waals surface area contributed by atoms with E-state index in [0.717, 1.165) is 59.5 Å². The van der Waals surface area contributed by atoms with Gasteiger partial charge in [-0.25, -0.2) is 0 Å². The second-order valence-electron chi connectivity index (χ2n) is 11.0. The highest BCUT2D eigenvalue weighted by Crippen LogP contribution is 2.35. The SMILES string of the molecule is Cc1nncn1C1CCC(CC(=O)Nc2cnc(-c3ccc(C(C)(C)N)cc3)c(-c3ccccc3)c2)CC1. The number of nitrogens with one attached hydrogen (secondary N) is 1. The monoisotopic (exact) mass is 508 g/mol. The maximum atomic E-state index is 13.0. The Bertz CT molecular complexity index is 1380. The maximum absolute atomic E-state index is 13.0. The van der Waals surface area contributed by atoms with E-state index in [1.54, 1.807) is 6.20 Å². The predicted octanol–water partition coefficient (Wildman–Crippen LogP) is 6.27. The molecule has 7 heteroatoms. The Morgan fingerprint density at radius 3 is 2.37 bits per heavy atom. The molecule has 5 rings (SSSR count). The lowest BCUT2D eigenvalue weighted by Crippen LogP contribution is -2.28. The molecule has 1 amide bonds. The molecule has 0 bridgehead atoms. The average molecular weight is 509 g/mol. The molecule has 7 nitrogen and oxygen atoms in total. The largest absolute Gasteiger partial charge is 0.325 e. The zero-order chi connectivity index (χ0) is 26.7. The fourth-order valence-corrected chi connectivity index (χ4v) is 5.42. The van der Waals surface area contributed by atoms with Gasteiger partial charge in [0.05, 0.1) is 17.6 Å². The van der Waals surface area contributed by atoms with E-state index in [1.807, 2.05) is 51.4 Å². The average Bonchev–Trinajstić information content (AvgIpc) is 3.35. The van der Waals surface area contributed by atoms with Gasteiger partial charge in [0, 0.05) is 29.1 Å². The van der Waals surface area contributed by atoms with Crippen molar-refractivity contribution >= 4 is 11.6 Å². The molecule has 1 fully saturated rings. The van der Waals surface area contributed by atoms with E-state index >= 15 is 0 Å². The van der Waals surface area contributed by atoms with E-state index in [2.05, 4.69) is 56.5 Å². The van der Waals surface area contributed by atoms with Gasteiger partial charge in [0.1, 0.15) is 12.2 Å². The van der Waals surface area contributed by atoms with E-state index < -0.39 is 5.54 Å². The van der Waals surface area contributed by atoms with Gasteiger partial charge in [-0.3, -0.25) is 9.78 Å². The molecule has 4 aromatic rings. The number of hydrogen-bond acceptors (Lipinski definition) is 5. The van der Waals surface area contributed by atoms with Crippen LogP contribution in [0.4, 0.5) is 5.69 Å². The Kier molecular flexibility index (Phi) is 7.38. The number of carbonyl (C=O) groups is 1. The third-order valence-corrected chi connectivity index (χ3v) is 7.59. The van der Waals surface area contributed by atoms with Gasteiger partial charge in [-0.15, -0.1) is 10.2 Å². The molecule has 1 saturated carbocycles. The van der Waals surface area contributed by atoms with E-state index in [9.17, 15) is 4.79 Å². The zero-order valence-electron chi connectivity index (χ0n) is 22.4. The lowest BCUT2D eigenvalue weighted by atomic mass is 9.84.